The summed E-state index contributed by atoms with van der Waals surface area (Å²) >= 11 is 0. The molecule has 0 radical (unpaired) electrons. The van der Waals surface area contributed by atoms with E-state index in [0.717, 1.165) is 84.2 Å². The molecule has 3 aliphatic heterocycles. The number of carbonyl (C=O) groups excluding carboxylic acids is 2. The molecule has 2 amide bonds. The van der Waals surface area contributed by atoms with Gasteiger partial charge < -0.3 is 35.4 Å². The Morgan fingerprint density at radius 3 is 2.14 bits per heavy atom. The molecule has 13 nitrogen and oxygen atoms in total. The molecule has 0 saturated carbocycles. The molecule has 3 aliphatic rings. The van der Waals surface area contributed by atoms with Crippen LogP contribution in [-0.2, 0) is 27.2 Å². The first-order valence-corrected chi connectivity index (χ1v) is 21.0. The lowest BCUT2D eigenvalue weighted by atomic mass is 9.82. The second-order valence-corrected chi connectivity index (χ2v) is 17.0. The van der Waals surface area contributed by atoms with Crippen molar-refractivity contribution >= 4 is 17.8 Å². The van der Waals surface area contributed by atoms with Crippen molar-refractivity contribution in [2.24, 2.45) is 5.41 Å². The number of rotatable bonds is 15. The number of hydrogen-bond donors (Lipinski definition) is 4. The van der Waals surface area contributed by atoms with Gasteiger partial charge in [0.15, 0.2) is 0 Å². The highest BCUT2D eigenvalue weighted by Crippen LogP contribution is 2.41. The van der Waals surface area contributed by atoms with Crippen LogP contribution in [0.3, 0.4) is 0 Å². The molecule has 20 heteroatoms. The van der Waals surface area contributed by atoms with Gasteiger partial charge in [0.1, 0.15) is 23.5 Å². The van der Waals surface area contributed by atoms with Crippen LogP contribution >= 0.6 is 0 Å². The van der Waals surface area contributed by atoms with E-state index in [0.29, 0.717) is 39.5 Å². The number of hydrogen-bond acceptors (Lipinski definition) is 10. The standard InChI is InChI=1S/C45H49F7N8O5/c1-44(2,45(50,51)52)40(56-43(63)64-3)41(62)55-37(38(61)21-53-20-33-34(46)17-29(18-35(33)47)36-14-15-59(57-36)42(48)49)16-27-7-4-26(5-8-27)6-9-28-10-13-39(54-19-28)58-22-30-11-12-31(23-58)60(30)32-24-65-25-32/h4-5,7-8,10,13-15,17-19,30-32,37-38,40,42,53,61H,11-12,16,20-25H2,1-3H3,(H,55,62)(H,56,63)/t30?,31?,37-,38-,40?/m0/s1. The number of ether oxygens (including phenoxy) is 2. The molecular formula is C45H49F7N8O5. The van der Waals surface area contributed by atoms with E-state index in [4.69, 9.17) is 9.72 Å². The summed E-state index contributed by atoms with van der Waals surface area (Å²) in [5, 5.41) is 22.1. The van der Waals surface area contributed by atoms with Gasteiger partial charge in [0.25, 0.3) is 0 Å². The number of anilines is 1. The van der Waals surface area contributed by atoms with Crippen molar-refractivity contribution in [2.45, 2.75) is 88.7 Å². The number of methoxy groups -OCH3 is 1. The molecule has 7 rings (SSSR count). The third-order valence-electron chi connectivity index (χ3n) is 12.3. The van der Waals surface area contributed by atoms with Gasteiger partial charge in [-0.3, -0.25) is 9.69 Å². The second kappa shape index (κ2) is 19.8. The second-order valence-electron chi connectivity index (χ2n) is 17.0. The van der Waals surface area contributed by atoms with E-state index in [2.05, 4.69) is 42.1 Å². The van der Waals surface area contributed by atoms with Gasteiger partial charge in [0.2, 0.25) is 5.91 Å². The molecule has 5 atom stereocenters. The third-order valence-corrected chi connectivity index (χ3v) is 12.3. The smallest absolute Gasteiger partial charge is 0.407 e. The summed E-state index contributed by atoms with van der Waals surface area (Å²) in [5.74, 6) is 3.70. The normalized spacial score (nSPS) is 19.2. The fourth-order valence-electron chi connectivity index (χ4n) is 8.36. The Morgan fingerprint density at radius 1 is 0.938 bits per heavy atom. The van der Waals surface area contributed by atoms with E-state index in [-0.39, 0.29) is 17.7 Å². The van der Waals surface area contributed by atoms with Gasteiger partial charge in [0.05, 0.1) is 49.6 Å². The minimum atomic E-state index is -4.98. The topological polar surface area (TPSA) is 146 Å². The largest absolute Gasteiger partial charge is 0.453 e. The van der Waals surface area contributed by atoms with Crippen LogP contribution in [0.5, 0.6) is 0 Å². The zero-order valence-electron chi connectivity index (χ0n) is 35.7. The van der Waals surface area contributed by atoms with Crippen molar-refractivity contribution in [1.29, 1.82) is 0 Å². The van der Waals surface area contributed by atoms with Crippen LogP contribution in [0.15, 0.2) is 67.0 Å². The lowest BCUT2D eigenvalue weighted by molar-refractivity contribution is -0.220. The number of alkyl carbamates (subject to hydrolysis) is 1. The van der Waals surface area contributed by atoms with Crippen LogP contribution in [0.25, 0.3) is 11.3 Å². The number of benzene rings is 2. The van der Waals surface area contributed by atoms with Crippen LogP contribution in [-0.4, -0.2) is 119 Å². The zero-order valence-corrected chi connectivity index (χ0v) is 35.7. The summed E-state index contributed by atoms with van der Waals surface area (Å²) in [6.07, 6.45) is -2.98. The van der Waals surface area contributed by atoms with E-state index in [1.807, 2.05) is 17.4 Å². The summed E-state index contributed by atoms with van der Waals surface area (Å²) < 4.78 is 109. The molecule has 348 valence electrons. The number of aliphatic hydroxyl groups excluding tert-OH is 1. The number of pyridine rings is 1. The first-order valence-electron chi connectivity index (χ1n) is 21.0. The fraction of sp³-hybridized carbons (Fsp3) is 0.467. The van der Waals surface area contributed by atoms with Gasteiger partial charge >= 0.3 is 18.8 Å². The van der Waals surface area contributed by atoms with Gasteiger partial charge in [-0.05, 0) is 81.1 Å². The summed E-state index contributed by atoms with van der Waals surface area (Å²) in [7, 11) is 0.919. The minimum absolute atomic E-state index is 0.0978. The van der Waals surface area contributed by atoms with Crippen molar-refractivity contribution < 1.29 is 54.9 Å². The van der Waals surface area contributed by atoms with E-state index < -0.39 is 78.6 Å². The number of piperazine rings is 1. The van der Waals surface area contributed by atoms with Crippen molar-refractivity contribution in [3.8, 4) is 23.1 Å². The predicted octanol–water partition coefficient (Wildman–Crippen LogP) is 5.56. The number of nitrogens with zero attached hydrogens (tertiary/aromatic N) is 5. The lowest BCUT2D eigenvalue weighted by Gasteiger charge is -2.47. The van der Waals surface area contributed by atoms with Crippen LogP contribution < -0.4 is 20.9 Å². The molecule has 4 N–H and O–H groups in total. The predicted molar refractivity (Wildman–Crippen MR) is 223 cm³/mol. The highest BCUT2D eigenvalue weighted by molar-refractivity contribution is 5.87. The van der Waals surface area contributed by atoms with E-state index in [1.165, 1.54) is 6.07 Å². The first-order chi connectivity index (χ1) is 30.9. The monoisotopic (exact) mass is 914 g/mol. The molecule has 2 bridgehead atoms. The Labute approximate surface area is 370 Å². The van der Waals surface area contributed by atoms with Crippen molar-refractivity contribution in [1.82, 2.24) is 35.6 Å². The Kier molecular flexibility index (Phi) is 14.4. The van der Waals surface area contributed by atoms with Crippen LogP contribution in [0.4, 0.5) is 41.3 Å². The molecule has 4 aromatic rings. The molecule has 0 aliphatic carbocycles. The quantitative estimate of drug-likeness (QED) is 0.0884. The number of nitrogens with one attached hydrogen (secondary N) is 3. The zero-order chi connectivity index (χ0) is 46.6. The molecule has 2 aromatic carbocycles. The number of fused-ring (bicyclic) bond motifs is 2. The highest BCUT2D eigenvalue weighted by Gasteiger charge is 2.56. The fourth-order valence-corrected chi connectivity index (χ4v) is 8.36. The minimum Gasteiger partial charge on any atom is -0.453 e. The maximum absolute atomic E-state index is 15.1. The summed E-state index contributed by atoms with van der Waals surface area (Å²) in [5.41, 5.74) is -1.64. The Balaban J connectivity index is 1.03. The molecule has 5 heterocycles. The molecular weight excluding hydrogens is 866 g/mol. The van der Waals surface area contributed by atoms with Gasteiger partial charge in [-0.25, -0.2) is 23.2 Å². The lowest BCUT2D eigenvalue weighted by Crippen LogP contribution is -2.62. The number of aliphatic hydroxyl groups is 1. The van der Waals surface area contributed by atoms with Gasteiger partial charge in [0, 0.05) is 72.9 Å². The van der Waals surface area contributed by atoms with Gasteiger partial charge in [-0.15, -0.1) is 0 Å². The van der Waals surface area contributed by atoms with Crippen LogP contribution in [0.2, 0.25) is 0 Å². The van der Waals surface area contributed by atoms with Gasteiger partial charge in [-0.2, -0.15) is 27.1 Å². The molecule has 65 heavy (non-hydrogen) atoms. The van der Waals surface area contributed by atoms with E-state index >= 15 is 8.78 Å². The SMILES string of the molecule is COC(=O)NC(C(=O)N[C@@H](Cc1ccc(C#Cc2ccc(N3CC4CCC(C3)N4C3COC3)nc2)cc1)[C@@H](O)CNCc1c(F)cc(-c2ccn(C(F)F)n2)cc1F)C(C)(C)C(F)(F)F. The number of aromatic nitrogens is 3. The number of amides is 2. The van der Waals surface area contributed by atoms with Crippen LogP contribution in [0.1, 0.15) is 55.5 Å². The maximum Gasteiger partial charge on any atom is 0.407 e. The van der Waals surface area contributed by atoms with E-state index in [9.17, 15) is 36.6 Å². The average molecular weight is 915 g/mol. The number of alkyl halides is 5. The molecule has 3 unspecified atom stereocenters. The van der Waals surface area contributed by atoms with Crippen LogP contribution in [0, 0.1) is 28.9 Å². The van der Waals surface area contributed by atoms with Crippen molar-refractivity contribution in [3.05, 3.63) is 101 Å². The molecule has 3 saturated heterocycles. The van der Waals surface area contributed by atoms with Crippen molar-refractivity contribution in [2.75, 3.05) is 44.9 Å². The average Bonchev–Trinajstić information content (AvgIpc) is 3.84. The Hall–Kier alpha value is -5.75. The molecule has 3 fully saturated rings. The Morgan fingerprint density at radius 2 is 1.58 bits per heavy atom. The number of halogens is 7. The van der Waals surface area contributed by atoms with Gasteiger partial charge in [-0.1, -0.05) is 24.0 Å². The highest BCUT2D eigenvalue weighted by atomic mass is 19.4. The number of carbonyl (C=O) groups is 2. The summed E-state index contributed by atoms with van der Waals surface area (Å²) in [6.45, 7) is 0.983. The maximum atomic E-state index is 15.1. The molecule has 0 spiro atoms. The first kappa shape index (κ1) is 47.2. The Bertz CT molecular complexity index is 2330. The van der Waals surface area contributed by atoms with Crippen molar-refractivity contribution in [3.63, 3.8) is 0 Å². The van der Waals surface area contributed by atoms with E-state index in [1.54, 1.807) is 30.5 Å². The summed E-state index contributed by atoms with van der Waals surface area (Å²) in [6, 6.07) is 11.5. The molecule has 2 aromatic heterocycles. The third kappa shape index (κ3) is 10.9. The summed E-state index contributed by atoms with van der Waals surface area (Å²) in [4.78, 5) is 35.4.